The summed E-state index contributed by atoms with van der Waals surface area (Å²) in [6.45, 7) is 2.34. The molecule has 1 aliphatic heterocycles. The van der Waals surface area contributed by atoms with Crippen LogP contribution < -0.4 is 5.73 Å². The van der Waals surface area contributed by atoms with Gasteiger partial charge >= 0.3 is 0 Å². The van der Waals surface area contributed by atoms with Crippen molar-refractivity contribution in [1.82, 2.24) is 4.31 Å². The van der Waals surface area contributed by atoms with Crippen LogP contribution >= 0.6 is 11.6 Å². The van der Waals surface area contributed by atoms with Crippen molar-refractivity contribution in [2.24, 2.45) is 5.73 Å². The number of piperidine rings is 1. The van der Waals surface area contributed by atoms with Crippen LogP contribution in [0.1, 0.15) is 19.8 Å². The Bertz CT molecular complexity index is 533. The zero-order valence-corrected chi connectivity index (χ0v) is 11.8. The summed E-state index contributed by atoms with van der Waals surface area (Å²) in [6.07, 6.45) is 1.37. The second-order valence-corrected chi connectivity index (χ2v) is 6.95. The van der Waals surface area contributed by atoms with E-state index < -0.39 is 10.0 Å². The molecule has 6 heteroatoms. The summed E-state index contributed by atoms with van der Waals surface area (Å²) in [4.78, 5) is 0.175. The van der Waals surface area contributed by atoms with Gasteiger partial charge in [0.2, 0.25) is 10.0 Å². The first kappa shape index (κ1) is 13.8. The van der Waals surface area contributed by atoms with Gasteiger partial charge in [-0.25, -0.2) is 8.42 Å². The van der Waals surface area contributed by atoms with E-state index >= 15 is 0 Å². The van der Waals surface area contributed by atoms with E-state index in [1.165, 1.54) is 4.31 Å². The third kappa shape index (κ3) is 2.54. The number of nitrogens with zero attached hydrogens (tertiary/aromatic N) is 1. The maximum absolute atomic E-state index is 12.5. The Morgan fingerprint density at radius 1 is 1.39 bits per heavy atom. The van der Waals surface area contributed by atoms with E-state index in [2.05, 4.69) is 0 Å². The Hall–Kier alpha value is -0.620. The van der Waals surface area contributed by atoms with Gasteiger partial charge in [0.25, 0.3) is 0 Å². The van der Waals surface area contributed by atoms with Gasteiger partial charge in [0.1, 0.15) is 4.90 Å². The van der Waals surface area contributed by atoms with Gasteiger partial charge in [-0.2, -0.15) is 4.31 Å². The van der Waals surface area contributed by atoms with Gasteiger partial charge in [-0.15, -0.1) is 0 Å². The van der Waals surface area contributed by atoms with Crippen molar-refractivity contribution in [2.45, 2.75) is 36.7 Å². The van der Waals surface area contributed by atoms with Crippen LogP contribution in [0, 0.1) is 0 Å². The summed E-state index contributed by atoms with van der Waals surface area (Å²) in [5.41, 5.74) is 5.85. The van der Waals surface area contributed by atoms with Gasteiger partial charge in [0, 0.05) is 18.6 Å². The number of hydrogen-bond donors (Lipinski definition) is 1. The van der Waals surface area contributed by atoms with E-state index in [0.29, 0.717) is 19.4 Å². The molecule has 1 aliphatic rings. The number of sulfonamides is 1. The van der Waals surface area contributed by atoms with Crippen molar-refractivity contribution in [3.8, 4) is 0 Å². The second-order valence-electron chi connectivity index (χ2n) is 4.68. The minimum atomic E-state index is -3.52. The van der Waals surface area contributed by atoms with Crippen molar-refractivity contribution in [3.05, 3.63) is 29.3 Å². The molecule has 2 atom stereocenters. The first-order valence-corrected chi connectivity index (χ1v) is 7.76. The zero-order valence-electron chi connectivity index (χ0n) is 10.2. The number of rotatable bonds is 2. The standard InChI is InChI=1S/C12H17ClN2O2S/c1-9-8-10(14)6-7-15(9)18(16,17)12-5-3-2-4-11(12)13/h2-5,9-10H,6-8,14H2,1H3/t9-,10-/m1/s1. The van der Waals surface area contributed by atoms with Crippen LogP contribution in [-0.4, -0.2) is 31.4 Å². The first-order chi connectivity index (χ1) is 8.43. The van der Waals surface area contributed by atoms with Gasteiger partial charge in [-0.1, -0.05) is 23.7 Å². The quantitative estimate of drug-likeness (QED) is 0.903. The molecule has 0 saturated carbocycles. The maximum atomic E-state index is 12.5. The minimum absolute atomic E-state index is 0.0812. The molecule has 0 amide bonds. The molecular formula is C12H17ClN2O2S. The molecule has 0 bridgehead atoms. The fourth-order valence-corrected chi connectivity index (χ4v) is 4.48. The maximum Gasteiger partial charge on any atom is 0.244 e. The molecule has 100 valence electrons. The first-order valence-electron chi connectivity index (χ1n) is 5.95. The second kappa shape index (κ2) is 5.17. The molecule has 0 aromatic heterocycles. The summed E-state index contributed by atoms with van der Waals surface area (Å²) >= 11 is 5.97. The summed E-state index contributed by atoms with van der Waals surface area (Å²) in [7, 11) is -3.52. The van der Waals surface area contributed by atoms with Gasteiger partial charge < -0.3 is 5.73 Å². The molecule has 0 radical (unpaired) electrons. The van der Waals surface area contributed by atoms with E-state index in [9.17, 15) is 8.42 Å². The van der Waals surface area contributed by atoms with E-state index in [-0.39, 0.29) is 22.0 Å². The van der Waals surface area contributed by atoms with E-state index in [0.717, 1.165) is 0 Å². The average molecular weight is 289 g/mol. The lowest BCUT2D eigenvalue weighted by molar-refractivity contribution is 0.247. The van der Waals surface area contributed by atoms with Crippen molar-refractivity contribution >= 4 is 21.6 Å². The Balaban J connectivity index is 2.35. The monoisotopic (exact) mass is 288 g/mol. The molecule has 2 N–H and O–H groups in total. The molecule has 0 spiro atoms. The average Bonchev–Trinajstić information content (AvgIpc) is 2.28. The Kier molecular flexibility index (Phi) is 3.96. The lowest BCUT2D eigenvalue weighted by Crippen LogP contribution is -2.48. The molecule has 2 rings (SSSR count). The number of hydrogen-bond acceptors (Lipinski definition) is 3. The van der Waals surface area contributed by atoms with E-state index in [4.69, 9.17) is 17.3 Å². The number of nitrogens with two attached hydrogens (primary N) is 1. The summed E-state index contributed by atoms with van der Waals surface area (Å²) in [5, 5.41) is 0.263. The Morgan fingerprint density at radius 3 is 2.67 bits per heavy atom. The predicted molar refractivity (Wildman–Crippen MR) is 72.0 cm³/mol. The lowest BCUT2D eigenvalue weighted by atomic mass is 10.0. The van der Waals surface area contributed by atoms with Gasteiger partial charge in [-0.3, -0.25) is 0 Å². The van der Waals surface area contributed by atoms with Crippen LogP contribution in [0.5, 0.6) is 0 Å². The number of benzene rings is 1. The molecule has 18 heavy (non-hydrogen) atoms. The smallest absolute Gasteiger partial charge is 0.244 e. The third-order valence-electron chi connectivity index (χ3n) is 3.28. The topological polar surface area (TPSA) is 63.4 Å². The summed E-state index contributed by atoms with van der Waals surface area (Å²) < 4.78 is 26.5. The van der Waals surface area contributed by atoms with Gasteiger partial charge in [0.15, 0.2) is 0 Å². The van der Waals surface area contributed by atoms with Crippen LogP contribution in [0.2, 0.25) is 5.02 Å². The summed E-state index contributed by atoms with van der Waals surface area (Å²) in [6, 6.07) is 6.52. The predicted octanol–water partition coefficient (Wildman–Crippen LogP) is 1.84. The summed E-state index contributed by atoms with van der Waals surface area (Å²) in [5.74, 6) is 0. The zero-order chi connectivity index (χ0) is 13.3. The molecule has 1 aromatic rings. The van der Waals surface area contributed by atoms with Crippen LogP contribution in [-0.2, 0) is 10.0 Å². The van der Waals surface area contributed by atoms with Gasteiger partial charge in [-0.05, 0) is 31.9 Å². The normalized spacial score (nSPS) is 26.2. The van der Waals surface area contributed by atoms with Crippen LogP contribution in [0.15, 0.2) is 29.2 Å². The highest BCUT2D eigenvalue weighted by Gasteiger charge is 2.34. The van der Waals surface area contributed by atoms with E-state index in [1.54, 1.807) is 24.3 Å². The van der Waals surface area contributed by atoms with Gasteiger partial charge in [0.05, 0.1) is 5.02 Å². The molecule has 4 nitrogen and oxygen atoms in total. The molecule has 1 heterocycles. The van der Waals surface area contributed by atoms with E-state index in [1.807, 2.05) is 6.92 Å². The van der Waals surface area contributed by atoms with Crippen molar-refractivity contribution in [3.63, 3.8) is 0 Å². The molecule has 1 saturated heterocycles. The highest BCUT2D eigenvalue weighted by molar-refractivity contribution is 7.89. The highest BCUT2D eigenvalue weighted by Crippen LogP contribution is 2.28. The number of halogens is 1. The molecule has 0 unspecified atom stereocenters. The van der Waals surface area contributed by atoms with Crippen LogP contribution in [0.3, 0.4) is 0 Å². The van der Waals surface area contributed by atoms with Crippen LogP contribution in [0.4, 0.5) is 0 Å². The minimum Gasteiger partial charge on any atom is -0.328 e. The fraction of sp³-hybridized carbons (Fsp3) is 0.500. The molecule has 0 aliphatic carbocycles. The van der Waals surface area contributed by atoms with Crippen LogP contribution in [0.25, 0.3) is 0 Å². The van der Waals surface area contributed by atoms with Crippen molar-refractivity contribution < 1.29 is 8.42 Å². The highest BCUT2D eigenvalue weighted by atomic mass is 35.5. The molecule has 1 aromatic carbocycles. The molecular weight excluding hydrogens is 272 g/mol. The van der Waals surface area contributed by atoms with Crippen molar-refractivity contribution in [2.75, 3.05) is 6.54 Å². The van der Waals surface area contributed by atoms with Crippen molar-refractivity contribution in [1.29, 1.82) is 0 Å². The lowest BCUT2D eigenvalue weighted by Gasteiger charge is -2.35. The SMILES string of the molecule is C[C@@H]1C[C@H](N)CCN1S(=O)(=O)c1ccccc1Cl. The largest absolute Gasteiger partial charge is 0.328 e. The Labute approximate surface area is 113 Å². The third-order valence-corrected chi connectivity index (χ3v) is 5.79. The fourth-order valence-electron chi connectivity index (χ4n) is 2.32. The Morgan fingerprint density at radius 2 is 2.06 bits per heavy atom. The molecule has 1 fully saturated rings.